The predicted octanol–water partition coefficient (Wildman–Crippen LogP) is 4.57. The number of aromatic amines is 1. The maximum atomic E-state index is 13.4. The number of para-hydroxylation sites is 1. The highest BCUT2D eigenvalue weighted by molar-refractivity contribution is 7.97. The van der Waals surface area contributed by atoms with Crippen molar-refractivity contribution in [2.45, 2.75) is 13.0 Å². The molecule has 0 radical (unpaired) electrons. The Hall–Kier alpha value is -3.43. The molecule has 0 saturated heterocycles. The highest BCUT2D eigenvalue weighted by Crippen LogP contribution is 2.39. The quantitative estimate of drug-likeness (QED) is 0.312. The topological polar surface area (TPSA) is 82.3 Å². The number of thiophene rings is 1. The molecule has 168 valence electrons. The van der Waals surface area contributed by atoms with Gasteiger partial charge in [0.2, 0.25) is 5.78 Å². The van der Waals surface area contributed by atoms with Crippen LogP contribution in [0, 0.1) is 5.82 Å². The minimum atomic E-state index is -4.08. The third-order valence-electron chi connectivity index (χ3n) is 5.60. The molecule has 0 amide bonds. The molecule has 0 unspecified atom stereocenters. The minimum absolute atomic E-state index is 0.00626. The lowest BCUT2D eigenvalue weighted by molar-refractivity contribution is 0.104. The van der Waals surface area contributed by atoms with Crippen LogP contribution in [-0.2, 0) is 23.0 Å². The molecule has 3 heterocycles. The number of aromatic nitrogens is 1. The van der Waals surface area contributed by atoms with Gasteiger partial charge in [0.1, 0.15) is 10.7 Å². The van der Waals surface area contributed by atoms with Gasteiger partial charge in [0.05, 0.1) is 12.2 Å². The molecular formula is C24H20FN3O3S2. The molecular weight excluding hydrogens is 461 g/mol. The van der Waals surface area contributed by atoms with Crippen LogP contribution in [0.2, 0.25) is 0 Å². The number of fused-ring (bicyclic) bond motifs is 2. The number of hydrogen-bond acceptors (Lipinski definition) is 5. The first-order valence-electron chi connectivity index (χ1n) is 10.3. The SMILES string of the molecule is O=C1C(=CNCCc2c[nH]c3ccccc23)S(=O)(=O)N(Cc2ccc(F)cc2)c2ccsc21. The standard InChI is InChI=1S/C24H20FN3O3S2/c25-18-7-5-16(6-8-18)15-28-21-10-12-32-24(21)23(29)22(33(28,30)31)14-26-11-9-17-13-27-20-4-2-1-3-19(17)20/h1-8,10,12-14,26-27H,9,11,15H2. The lowest BCUT2D eigenvalue weighted by Crippen LogP contribution is -2.38. The third kappa shape index (κ3) is 3.94. The second kappa shape index (κ2) is 8.49. The van der Waals surface area contributed by atoms with Crippen LogP contribution >= 0.6 is 11.3 Å². The van der Waals surface area contributed by atoms with E-state index in [1.807, 2.05) is 30.5 Å². The van der Waals surface area contributed by atoms with E-state index in [1.165, 1.54) is 46.1 Å². The highest BCUT2D eigenvalue weighted by atomic mass is 32.2. The van der Waals surface area contributed by atoms with Crippen molar-refractivity contribution in [2.75, 3.05) is 10.8 Å². The monoisotopic (exact) mass is 481 g/mol. The maximum absolute atomic E-state index is 13.4. The van der Waals surface area contributed by atoms with Crippen LogP contribution in [0.25, 0.3) is 10.9 Å². The number of allylic oxidation sites excluding steroid dienone is 1. The summed E-state index contributed by atoms with van der Waals surface area (Å²) in [6.45, 7) is 0.468. The van der Waals surface area contributed by atoms with Gasteiger partial charge in [0.15, 0.2) is 4.91 Å². The molecule has 0 fully saturated rings. The molecule has 0 atom stereocenters. The summed E-state index contributed by atoms with van der Waals surface area (Å²) in [5, 5.41) is 5.82. The first-order valence-corrected chi connectivity index (χ1v) is 12.6. The summed E-state index contributed by atoms with van der Waals surface area (Å²) < 4.78 is 41.2. The van der Waals surface area contributed by atoms with Crippen LogP contribution in [0.5, 0.6) is 0 Å². The normalized spacial score (nSPS) is 16.3. The van der Waals surface area contributed by atoms with Crippen molar-refractivity contribution in [2.24, 2.45) is 0 Å². The van der Waals surface area contributed by atoms with Gasteiger partial charge in [-0.25, -0.2) is 12.8 Å². The molecule has 9 heteroatoms. The largest absolute Gasteiger partial charge is 0.389 e. The molecule has 4 aromatic rings. The molecule has 0 saturated carbocycles. The van der Waals surface area contributed by atoms with E-state index in [1.54, 1.807) is 11.4 Å². The van der Waals surface area contributed by atoms with Gasteiger partial charge < -0.3 is 10.3 Å². The number of H-pyrrole nitrogens is 1. The van der Waals surface area contributed by atoms with E-state index in [0.717, 1.165) is 16.5 Å². The zero-order valence-electron chi connectivity index (χ0n) is 17.4. The summed E-state index contributed by atoms with van der Waals surface area (Å²) in [7, 11) is -4.08. The zero-order valence-corrected chi connectivity index (χ0v) is 19.0. The average molecular weight is 482 g/mol. The smallest absolute Gasteiger partial charge is 0.270 e. The second-order valence-corrected chi connectivity index (χ2v) is 10.4. The molecule has 0 spiro atoms. The Balaban J connectivity index is 1.39. The Bertz CT molecular complexity index is 1470. The molecule has 1 aliphatic heterocycles. The Morgan fingerprint density at radius 1 is 1.09 bits per heavy atom. The van der Waals surface area contributed by atoms with Crippen molar-refractivity contribution in [1.29, 1.82) is 0 Å². The summed E-state index contributed by atoms with van der Waals surface area (Å²) in [6.07, 6.45) is 3.89. The van der Waals surface area contributed by atoms with Crippen molar-refractivity contribution in [3.8, 4) is 0 Å². The van der Waals surface area contributed by atoms with Gasteiger partial charge in [-0.1, -0.05) is 30.3 Å². The number of nitrogens with zero attached hydrogens (tertiary/aromatic N) is 1. The number of rotatable bonds is 6. The van der Waals surface area contributed by atoms with Crippen molar-refractivity contribution < 1.29 is 17.6 Å². The van der Waals surface area contributed by atoms with E-state index in [-0.39, 0.29) is 11.4 Å². The number of ketones is 1. The fourth-order valence-electron chi connectivity index (χ4n) is 3.92. The number of anilines is 1. The number of nitrogens with one attached hydrogen (secondary N) is 2. The van der Waals surface area contributed by atoms with Crippen molar-refractivity contribution >= 4 is 43.7 Å². The molecule has 2 aromatic heterocycles. The number of benzene rings is 2. The van der Waals surface area contributed by atoms with E-state index >= 15 is 0 Å². The second-order valence-electron chi connectivity index (χ2n) is 7.67. The maximum Gasteiger partial charge on any atom is 0.270 e. The molecule has 33 heavy (non-hydrogen) atoms. The van der Waals surface area contributed by atoms with Crippen LogP contribution in [0.15, 0.2) is 77.3 Å². The predicted molar refractivity (Wildman–Crippen MR) is 128 cm³/mol. The molecule has 0 aliphatic carbocycles. The van der Waals surface area contributed by atoms with E-state index in [0.29, 0.717) is 29.1 Å². The van der Waals surface area contributed by atoms with Crippen LogP contribution < -0.4 is 9.62 Å². The van der Waals surface area contributed by atoms with E-state index in [2.05, 4.69) is 10.3 Å². The summed E-state index contributed by atoms with van der Waals surface area (Å²) in [4.78, 5) is 16.3. The fourth-order valence-corrected chi connectivity index (χ4v) is 6.43. The van der Waals surface area contributed by atoms with E-state index in [4.69, 9.17) is 0 Å². The molecule has 2 N–H and O–H groups in total. The fraction of sp³-hybridized carbons (Fsp3) is 0.125. The number of hydrogen-bond donors (Lipinski definition) is 2. The average Bonchev–Trinajstić information content (AvgIpc) is 3.45. The van der Waals surface area contributed by atoms with Gasteiger partial charge in [-0.15, -0.1) is 11.3 Å². The van der Waals surface area contributed by atoms with E-state index in [9.17, 15) is 17.6 Å². The van der Waals surface area contributed by atoms with Crippen LogP contribution in [0.1, 0.15) is 20.8 Å². The van der Waals surface area contributed by atoms with Gasteiger partial charge in [-0.05, 0) is 47.2 Å². The van der Waals surface area contributed by atoms with Crippen molar-refractivity contribution in [3.05, 3.63) is 99.1 Å². The van der Waals surface area contributed by atoms with Gasteiger partial charge in [-0.2, -0.15) is 0 Å². The number of carbonyl (C=O) groups is 1. The third-order valence-corrected chi connectivity index (χ3v) is 8.26. The Morgan fingerprint density at radius 2 is 1.88 bits per heavy atom. The molecule has 6 nitrogen and oxygen atoms in total. The molecule has 2 aromatic carbocycles. The van der Waals surface area contributed by atoms with Crippen molar-refractivity contribution in [3.63, 3.8) is 0 Å². The lowest BCUT2D eigenvalue weighted by atomic mass is 10.1. The number of carbonyl (C=O) groups excluding carboxylic acids is 1. The lowest BCUT2D eigenvalue weighted by Gasteiger charge is -2.29. The molecule has 1 aliphatic rings. The Kier molecular flexibility index (Phi) is 5.51. The van der Waals surface area contributed by atoms with Crippen LogP contribution in [0.4, 0.5) is 10.1 Å². The van der Waals surface area contributed by atoms with Crippen molar-refractivity contribution in [1.82, 2.24) is 10.3 Å². The number of halogens is 1. The Labute approximate surface area is 194 Å². The summed E-state index contributed by atoms with van der Waals surface area (Å²) >= 11 is 1.20. The molecule has 5 rings (SSSR count). The van der Waals surface area contributed by atoms with Gasteiger partial charge in [-0.3, -0.25) is 9.10 Å². The van der Waals surface area contributed by atoms with E-state index < -0.39 is 21.6 Å². The number of Topliss-reactive ketones (excluding diaryl/α,β-unsaturated/α-hetero) is 1. The van der Waals surface area contributed by atoms with Gasteiger partial charge in [0.25, 0.3) is 10.0 Å². The number of sulfonamides is 1. The van der Waals surface area contributed by atoms with Crippen LogP contribution in [0.3, 0.4) is 0 Å². The summed E-state index contributed by atoms with van der Waals surface area (Å²) in [6, 6.07) is 15.2. The highest BCUT2D eigenvalue weighted by Gasteiger charge is 2.41. The first kappa shape index (κ1) is 21.4. The summed E-state index contributed by atoms with van der Waals surface area (Å²) in [5.41, 5.74) is 3.12. The van der Waals surface area contributed by atoms with Gasteiger partial charge in [0, 0.05) is 29.8 Å². The zero-order chi connectivity index (χ0) is 23.0. The van der Waals surface area contributed by atoms with Crippen LogP contribution in [-0.4, -0.2) is 25.7 Å². The minimum Gasteiger partial charge on any atom is -0.389 e. The van der Waals surface area contributed by atoms with Gasteiger partial charge >= 0.3 is 0 Å². The summed E-state index contributed by atoms with van der Waals surface area (Å²) in [5.74, 6) is -0.915. The molecule has 0 bridgehead atoms. The first-order chi connectivity index (χ1) is 15.9. The Morgan fingerprint density at radius 3 is 2.70 bits per heavy atom.